The third-order valence-corrected chi connectivity index (χ3v) is 4.64. The summed E-state index contributed by atoms with van der Waals surface area (Å²) in [4.78, 5) is 20.2. The van der Waals surface area contributed by atoms with Crippen LogP contribution in [-0.2, 0) is 35.5 Å². The summed E-state index contributed by atoms with van der Waals surface area (Å²) in [7, 11) is -5.31. The van der Waals surface area contributed by atoms with Crippen LogP contribution in [0.3, 0.4) is 0 Å². The molecule has 0 bridgehead atoms. The SMILES string of the molecule is CCCCC(CC)CO[P+](=O)[O-].CCCCC(CC)CO[P+](=O)[O-].[Cr+2]. The van der Waals surface area contributed by atoms with Crippen LogP contribution in [-0.4, -0.2) is 13.2 Å². The van der Waals surface area contributed by atoms with E-state index in [1.165, 1.54) is 0 Å². The van der Waals surface area contributed by atoms with E-state index in [0.717, 1.165) is 51.4 Å². The topological polar surface area (TPSA) is 98.7 Å². The summed E-state index contributed by atoms with van der Waals surface area (Å²) in [6, 6.07) is 0. The van der Waals surface area contributed by atoms with Crippen LogP contribution in [0.25, 0.3) is 0 Å². The minimum Gasteiger partial charge on any atom is -0.566 e. The maximum absolute atomic E-state index is 10.1. The monoisotopic (exact) mass is 436 g/mol. The quantitative estimate of drug-likeness (QED) is 0.373. The Hall–Kier alpha value is 0.572. The Balaban J connectivity index is -0.000000372. The predicted octanol–water partition coefficient (Wildman–Crippen LogP) is 4.47. The summed E-state index contributed by atoms with van der Waals surface area (Å²) < 4.78 is 29.3. The van der Waals surface area contributed by atoms with Crippen LogP contribution in [0.5, 0.6) is 0 Å². The molecule has 0 radical (unpaired) electrons. The number of rotatable bonds is 14. The zero-order chi connectivity index (χ0) is 18.8. The molecule has 4 unspecified atom stereocenters. The molecule has 0 aromatic heterocycles. The van der Waals surface area contributed by atoms with E-state index in [0.29, 0.717) is 25.0 Å². The Labute approximate surface area is 166 Å². The Morgan fingerprint density at radius 3 is 1.28 bits per heavy atom. The fraction of sp³-hybridized carbons (Fsp3) is 1.00. The van der Waals surface area contributed by atoms with Gasteiger partial charge in [-0.2, -0.15) is 0 Å². The van der Waals surface area contributed by atoms with E-state index in [2.05, 4.69) is 36.7 Å². The van der Waals surface area contributed by atoms with Crippen molar-refractivity contribution in [1.29, 1.82) is 0 Å². The van der Waals surface area contributed by atoms with E-state index in [9.17, 15) is 18.9 Å². The van der Waals surface area contributed by atoms with E-state index in [-0.39, 0.29) is 17.4 Å². The first-order chi connectivity index (χ1) is 11.4. The van der Waals surface area contributed by atoms with Gasteiger partial charge in [0.1, 0.15) is 13.2 Å². The van der Waals surface area contributed by atoms with Crippen LogP contribution >= 0.6 is 16.5 Å². The Kier molecular flexibility index (Phi) is 27.4. The first-order valence-electron chi connectivity index (χ1n) is 8.95. The molecule has 148 valence electrons. The summed E-state index contributed by atoms with van der Waals surface area (Å²) in [5.74, 6) is 0.802. The molecule has 0 amide bonds. The van der Waals surface area contributed by atoms with Crippen LogP contribution in [0.4, 0.5) is 0 Å². The largest absolute Gasteiger partial charge is 2.00 e. The second kappa shape index (κ2) is 22.6. The molecule has 0 aliphatic carbocycles. The molecule has 4 atom stereocenters. The number of hydrogen-bond donors (Lipinski definition) is 0. The molecule has 0 N–H and O–H groups in total. The summed E-state index contributed by atoms with van der Waals surface area (Å²) in [5, 5.41) is 0. The molecule has 0 heterocycles. The molecule has 0 aliphatic heterocycles. The van der Waals surface area contributed by atoms with Gasteiger partial charge in [0.05, 0.1) is 0 Å². The molecule has 0 saturated heterocycles. The normalized spacial score (nSPS) is 13.8. The van der Waals surface area contributed by atoms with Gasteiger partial charge in [-0.25, -0.2) is 0 Å². The van der Waals surface area contributed by atoms with Crippen LogP contribution in [0.1, 0.15) is 79.1 Å². The van der Waals surface area contributed by atoms with Gasteiger partial charge in [-0.3, -0.25) is 0 Å². The van der Waals surface area contributed by atoms with Crippen molar-refractivity contribution in [1.82, 2.24) is 0 Å². The maximum atomic E-state index is 10.1. The van der Waals surface area contributed by atoms with Crippen LogP contribution in [0, 0.1) is 11.8 Å². The minimum atomic E-state index is -2.65. The first-order valence-corrected chi connectivity index (χ1v) is 11.1. The smallest absolute Gasteiger partial charge is 0.566 e. The first kappa shape index (κ1) is 30.3. The van der Waals surface area contributed by atoms with Crippen molar-refractivity contribution in [3.8, 4) is 0 Å². The van der Waals surface area contributed by atoms with E-state index in [4.69, 9.17) is 0 Å². The zero-order valence-electron chi connectivity index (χ0n) is 16.0. The van der Waals surface area contributed by atoms with Crippen molar-refractivity contribution >= 4 is 16.5 Å². The number of unbranched alkanes of at least 4 members (excludes halogenated alkanes) is 2. The fourth-order valence-corrected chi connectivity index (χ4v) is 2.79. The predicted molar refractivity (Wildman–Crippen MR) is 93.7 cm³/mol. The van der Waals surface area contributed by atoms with Crippen molar-refractivity contribution < 1.29 is 45.3 Å². The van der Waals surface area contributed by atoms with Gasteiger partial charge in [0.15, 0.2) is 0 Å². The molecular weight excluding hydrogens is 402 g/mol. The van der Waals surface area contributed by atoms with Gasteiger partial charge in [0.2, 0.25) is 0 Å². The fourth-order valence-electron chi connectivity index (χ4n) is 2.13. The second-order valence-corrected chi connectivity index (χ2v) is 7.28. The molecule has 0 aromatic carbocycles. The Bertz CT molecular complexity index is 291. The summed E-state index contributed by atoms with van der Waals surface area (Å²) in [5.41, 5.74) is 0. The van der Waals surface area contributed by atoms with Crippen molar-refractivity contribution in [2.75, 3.05) is 13.2 Å². The molecule has 6 nitrogen and oxygen atoms in total. The molecule has 9 heteroatoms. The van der Waals surface area contributed by atoms with Crippen molar-refractivity contribution in [3.05, 3.63) is 0 Å². The van der Waals surface area contributed by atoms with Gasteiger partial charge in [-0.1, -0.05) is 66.2 Å². The number of hydrogen-bond acceptors (Lipinski definition) is 6. The molecule has 0 saturated carbocycles. The molecular formula is C16H34CrO6P2+2. The van der Waals surface area contributed by atoms with Crippen molar-refractivity contribution in [2.45, 2.75) is 79.1 Å². The van der Waals surface area contributed by atoms with Crippen molar-refractivity contribution in [3.63, 3.8) is 0 Å². The summed E-state index contributed by atoms with van der Waals surface area (Å²) >= 11 is 0. The Morgan fingerprint density at radius 1 is 0.760 bits per heavy atom. The van der Waals surface area contributed by atoms with Gasteiger partial charge in [0, 0.05) is 0 Å². The molecule has 0 fully saturated rings. The minimum absolute atomic E-state index is 0. The third kappa shape index (κ3) is 24.6. The van der Waals surface area contributed by atoms with Crippen LogP contribution in [0.15, 0.2) is 0 Å². The van der Waals surface area contributed by atoms with E-state index in [1.54, 1.807) is 0 Å². The molecule has 25 heavy (non-hydrogen) atoms. The zero-order valence-corrected chi connectivity index (χ0v) is 19.0. The molecule has 0 aliphatic rings. The summed E-state index contributed by atoms with van der Waals surface area (Å²) in [6.07, 6.45) is 8.72. The molecule has 0 spiro atoms. The van der Waals surface area contributed by atoms with Gasteiger partial charge < -0.3 is 9.79 Å². The van der Waals surface area contributed by atoms with Crippen LogP contribution < -0.4 is 9.79 Å². The van der Waals surface area contributed by atoms with Gasteiger partial charge >= 0.3 is 33.9 Å². The standard InChI is InChI=1S/2C8H17O3P.Cr/c2*1-3-5-6-8(4-2)7-11-12(9)10;/h2*8H,3-7H2,1-2H3;/q;;+2. The third-order valence-electron chi connectivity index (χ3n) is 3.92. The average Bonchev–Trinajstić information content (AvgIpc) is 2.55. The average molecular weight is 436 g/mol. The Morgan fingerprint density at radius 2 is 1.08 bits per heavy atom. The van der Waals surface area contributed by atoms with Gasteiger partial charge in [-0.05, 0) is 33.8 Å². The van der Waals surface area contributed by atoms with E-state index < -0.39 is 16.5 Å². The second-order valence-electron chi connectivity index (χ2n) is 5.87. The van der Waals surface area contributed by atoms with E-state index in [1.807, 2.05) is 0 Å². The maximum Gasteiger partial charge on any atom is 2.00 e. The molecule has 0 aromatic rings. The van der Waals surface area contributed by atoms with E-state index >= 15 is 0 Å². The molecule has 0 rings (SSSR count). The summed E-state index contributed by atoms with van der Waals surface area (Å²) in [6.45, 7) is 9.08. The van der Waals surface area contributed by atoms with Gasteiger partial charge in [0.25, 0.3) is 0 Å². The van der Waals surface area contributed by atoms with Crippen LogP contribution in [0.2, 0.25) is 0 Å². The van der Waals surface area contributed by atoms with Gasteiger partial charge in [-0.15, -0.1) is 9.05 Å². The van der Waals surface area contributed by atoms with Crippen molar-refractivity contribution in [2.24, 2.45) is 11.8 Å².